The van der Waals surface area contributed by atoms with E-state index in [-0.39, 0.29) is 28.1 Å². The molecule has 0 radical (unpaired) electrons. The molecule has 1 N–H and O–H groups in total. The molecule has 0 aliphatic rings. The number of likely N-dealkylation sites (N-methyl/N-ethyl adjacent to an activating group) is 1. The van der Waals surface area contributed by atoms with Crippen LogP contribution in [0.4, 0.5) is 10.1 Å². The summed E-state index contributed by atoms with van der Waals surface area (Å²) in [5.41, 5.74) is 0.785. The highest BCUT2D eigenvalue weighted by molar-refractivity contribution is 7.92. The molecule has 1 atom stereocenters. The Morgan fingerprint density at radius 1 is 1.00 bits per heavy atom. The molecule has 10 heteroatoms. The van der Waals surface area contributed by atoms with E-state index in [2.05, 4.69) is 5.32 Å². The number of amides is 2. The van der Waals surface area contributed by atoms with E-state index >= 15 is 0 Å². The monoisotopic (exact) mass is 531 g/mol. The number of anilines is 1. The topological polar surface area (TPSA) is 86.8 Å². The molecule has 0 heterocycles. The predicted octanol–water partition coefficient (Wildman–Crippen LogP) is 4.23. The molecule has 0 saturated carbocycles. The van der Waals surface area contributed by atoms with Crippen molar-refractivity contribution in [2.24, 2.45) is 0 Å². The minimum absolute atomic E-state index is 0.0175. The van der Waals surface area contributed by atoms with Crippen LogP contribution in [0.3, 0.4) is 0 Å². The van der Waals surface area contributed by atoms with Gasteiger partial charge in [0.15, 0.2) is 0 Å². The second-order valence-electron chi connectivity index (χ2n) is 8.00. The summed E-state index contributed by atoms with van der Waals surface area (Å²) in [7, 11) is -4.24. The van der Waals surface area contributed by atoms with E-state index in [4.69, 9.17) is 11.6 Å². The van der Waals surface area contributed by atoms with Crippen LogP contribution in [0.2, 0.25) is 5.02 Å². The number of benzene rings is 3. The van der Waals surface area contributed by atoms with Gasteiger partial charge in [0.05, 0.1) is 15.6 Å². The van der Waals surface area contributed by atoms with Crippen molar-refractivity contribution in [2.45, 2.75) is 31.3 Å². The first-order valence-corrected chi connectivity index (χ1v) is 13.1. The summed E-state index contributed by atoms with van der Waals surface area (Å²) in [5.74, 6) is -1.71. The van der Waals surface area contributed by atoms with E-state index in [0.29, 0.717) is 6.54 Å². The zero-order chi connectivity index (χ0) is 26.3. The predicted molar refractivity (Wildman–Crippen MR) is 138 cm³/mol. The number of carbonyl (C=O) groups is 2. The van der Waals surface area contributed by atoms with Gasteiger partial charge in [0.1, 0.15) is 18.4 Å². The lowest BCUT2D eigenvalue weighted by Gasteiger charge is -2.32. The molecule has 190 valence electrons. The van der Waals surface area contributed by atoms with Crippen molar-refractivity contribution in [1.29, 1.82) is 0 Å². The second kappa shape index (κ2) is 12.0. The number of halogens is 2. The summed E-state index contributed by atoms with van der Waals surface area (Å²) in [5, 5.41) is 2.41. The molecule has 0 bridgehead atoms. The molecule has 36 heavy (non-hydrogen) atoms. The number of hydrogen-bond donors (Lipinski definition) is 1. The Morgan fingerprint density at radius 2 is 1.61 bits per heavy atom. The highest BCUT2D eigenvalue weighted by Crippen LogP contribution is 2.28. The fraction of sp³-hybridized carbons (Fsp3) is 0.231. The van der Waals surface area contributed by atoms with Crippen molar-refractivity contribution < 1.29 is 22.4 Å². The first kappa shape index (κ1) is 27.2. The maximum atomic E-state index is 13.9. The molecule has 3 aromatic carbocycles. The Labute approximate surface area is 215 Å². The second-order valence-corrected chi connectivity index (χ2v) is 10.3. The van der Waals surface area contributed by atoms with Crippen LogP contribution < -0.4 is 9.62 Å². The average Bonchev–Trinajstić information content (AvgIpc) is 2.88. The number of carbonyl (C=O) groups excluding carboxylic acids is 2. The molecule has 3 rings (SSSR count). The van der Waals surface area contributed by atoms with Crippen LogP contribution in [0.5, 0.6) is 0 Å². The maximum Gasteiger partial charge on any atom is 0.264 e. The Morgan fingerprint density at radius 3 is 2.19 bits per heavy atom. The van der Waals surface area contributed by atoms with Crippen LogP contribution in [-0.4, -0.2) is 44.3 Å². The zero-order valence-corrected chi connectivity index (χ0v) is 21.5. The molecule has 0 unspecified atom stereocenters. The van der Waals surface area contributed by atoms with Crippen molar-refractivity contribution >= 4 is 39.1 Å². The van der Waals surface area contributed by atoms with Gasteiger partial charge in [0, 0.05) is 13.1 Å². The van der Waals surface area contributed by atoms with Crippen molar-refractivity contribution in [3.05, 3.63) is 95.3 Å². The first-order chi connectivity index (χ1) is 17.1. The van der Waals surface area contributed by atoms with Crippen LogP contribution in [-0.2, 0) is 26.2 Å². The molecule has 7 nitrogen and oxygen atoms in total. The van der Waals surface area contributed by atoms with Gasteiger partial charge in [0.25, 0.3) is 10.0 Å². The summed E-state index contributed by atoms with van der Waals surface area (Å²) in [6, 6.07) is 19.2. The summed E-state index contributed by atoms with van der Waals surface area (Å²) in [6.07, 6.45) is 0. The van der Waals surface area contributed by atoms with E-state index in [9.17, 15) is 22.4 Å². The van der Waals surface area contributed by atoms with E-state index < -0.39 is 34.3 Å². The van der Waals surface area contributed by atoms with E-state index in [1.54, 1.807) is 44.2 Å². The van der Waals surface area contributed by atoms with Crippen LogP contribution in [0.15, 0.2) is 83.8 Å². The van der Waals surface area contributed by atoms with Crippen LogP contribution in [0.1, 0.15) is 19.4 Å². The van der Waals surface area contributed by atoms with Gasteiger partial charge in [0.2, 0.25) is 11.8 Å². The first-order valence-electron chi connectivity index (χ1n) is 11.3. The Kier molecular flexibility index (Phi) is 9.06. The largest absolute Gasteiger partial charge is 0.355 e. The Hall–Kier alpha value is -3.43. The Bertz CT molecular complexity index is 1310. The lowest BCUT2D eigenvalue weighted by atomic mass is 10.1. The van der Waals surface area contributed by atoms with Crippen molar-refractivity contribution in [2.75, 3.05) is 17.4 Å². The third-order valence-corrected chi connectivity index (χ3v) is 7.59. The summed E-state index contributed by atoms with van der Waals surface area (Å²) >= 11 is 5.94. The van der Waals surface area contributed by atoms with Gasteiger partial charge in [-0.1, -0.05) is 60.1 Å². The maximum absolute atomic E-state index is 13.9. The van der Waals surface area contributed by atoms with Crippen molar-refractivity contribution in [3.8, 4) is 0 Å². The molecule has 0 saturated heterocycles. The van der Waals surface area contributed by atoms with E-state index in [0.717, 1.165) is 22.0 Å². The van der Waals surface area contributed by atoms with Crippen molar-refractivity contribution in [3.63, 3.8) is 0 Å². The van der Waals surface area contributed by atoms with Crippen LogP contribution in [0.25, 0.3) is 0 Å². The number of rotatable bonds is 10. The minimum Gasteiger partial charge on any atom is -0.355 e. The fourth-order valence-electron chi connectivity index (χ4n) is 3.57. The minimum atomic E-state index is -4.24. The van der Waals surface area contributed by atoms with Gasteiger partial charge >= 0.3 is 0 Å². The number of sulfonamides is 1. The van der Waals surface area contributed by atoms with Crippen molar-refractivity contribution in [1.82, 2.24) is 10.2 Å². The molecule has 0 spiro atoms. The Balaban J connectivity index is 2.03. The highest BCUT2D eigenvalue weighted by atomic mass is 35.5. The van der Waals surface area contributed by atoms with E-state index in [1.807, 2.05) is 18.2 Å². The highest BCUT2D eigenvalue weighted by Gasteiger charge is 2.32. The summed E-state index contributed by atoms with van der Waals surface area (Å²) < 4.78 is 41.9. The van der Waals surface area contributed by atoms with Gasteiger partial charge in [-0.25, -0.2) is 12.8 Å². The number of nitrogens with zero attached hydrogens (tertiary/aromatic N) is 2. The summed E-state index contributed by atoms with van der Waals surface area (Å²) in [6.45, 7) is 3.17. The third kappa shape index (κ3) is 6.41. The smallest absolute Gasteiger partial charge is 0.264 e. The molecule has 0 aromatic heterocycles. The zero-order valence-electron chi connectivity index (χ0n) is 19.9. The average molecular weight is 532 g/mol. The molecule has 0 fully saturated rings. The van der Waals surface area contributed by atoms with Gasteiger partial charge in [-0.15, -0.1) is 0 Å². The molecular formula is C26H27ClFN3O4S. The lowest BCUT2D eigenvalue weighted by Crippen LogP contribution is -2.51. The lowest BCUT2D eigenvalue weighted by molar-refractivity contribution is -0.139. The van der Waals surface area contributed by atoms with Crippen LogP contribution >= 0.6 is 11.6 Å². The molecule has 0 aliphatic heterocycles. The molecule has 2 amide bonds. The van der Waals surface area contributed by atoms with Gasteiger partial charge in [-0.3, -0.25) is 13.9 Å². The number of hydrogen-bond acceptors (Lipinski definition) is 4. The SMILES string of the molecule is CCNC(=O)[C@H](C)N(Cc1ccccc1)C(=O)CN(c1ccc(F)c(Cl)c1)S(=O)(=O)c1ccccc1. The van der Waals surface area contributed by atoms with Gasteiger partial charge in [-0.2, -0.15) is 0 Å². The quantitative estimate of drug-likeness (QED) is 0.424. The number of nitrogens with one attached hydrogen (secondary N) is 1. The van der Waals surface area contributed by atoms with Crippen LogP contribution in [0, 0.1) is 5.82 Å². The third-order valence-electron chi connectivity index (χ3n) is 5.52. The fourth-order valence-corrected chi connectivity index (χ4v) is 5.18. The van der Waals surface area contributed by atoms with Gasteiger partial charge in [-0.05, 0) is 49.7 Å². The normalized spacial score (nSPS) is 12.0. The molecular weight excluding hydrogens is 505 g/mol. The van der Waals surface area contributed by atoms with E-state index in [1.165, 1.54) is 23.1 Å². The summed E-state index contributed by atoms with van der Waals surface area (Å²) in [4.78, 5) is 27.6. The van der Waals surface area contributed by atoms with Gasteiger partial charge < -0.3 is 10.2 Å². The molecule has 3 aromatic rings. The molecule has 0 aliphatic carbocycles. The standard InChI is InChI=1S/C26H27ClFN3O4S/c1-3-29-26(33)19(2)30(17-20-10-6-4-7-11-20)25(32)18-31(21-14-15-24(28)23(27)16-21)36(34,35)22-12-8-5-9-13-22/h4-16,19H,3,17-18H2,1-2H3,(H,29,33)/t19-/m0/s1.